The Morgan fingerprint density at radius 1 is 1.00 bits per heavy atom. The molecular weight excluding hydrogens is 212 g/mol. The van der Waals surface area contributed by atoms with Crippen molar-refractivity contribution in [2.45, 2.75) is 0 Å². The summed E-state index contributed by atoms with van der Waals surface area (Å²) in [5.74, 6) is 1.31. The zero-order valence-corrected chi connectivity index (χ0v) is 9.63. The Hall–Kier alpha value is -2.29. The van der Waals surface area contributed by atoms with Gasteiger partial charge < -0.3 is 10.5 Å². The fraction of sp³-hybridized carbons (Fsp3) is 0.0714. The predicted molar refractivity (Wildman–Crippen MR) is 69.8 cm³/mol. The van der Waals surface area contributed by atoms with Gasteiger partial charge in [-0.05, 0) is 36.4 Å². The lowest BCUT2D eigenvalue weighted by molar-refractivity contribution is 0.415. The summed E-state index contributed by atoms with van der Waals surface area (Å²) in [6.07, 6.45) is 0. The van der Waals surface area contributed by atoms with Gasteiger partial charge in [-0.1, -0.05) is 18.2 Å². The maximum atomic E-state index is 5.93. The van der Waals surface area contributed by atoms with Crippen LogP contribution in [0.1, 0.15) is 5.56 Å². The molecule has 3 heteroatoms. The first-order valence-electron chi connectivity index (χ1n) is 5.33. The number of rotatable bonds is 3. The van der Waals surface area contributed by atoms with E-state index < -0.39 is 0 Å². The molecule has 0 bridgehead atoms. The molecule has 0 fully saturated rings. The molecule has 2 aromatic carbocycles. The van der Waals surface area contributed by atoms with Crippen molar-refractivity contribution in [2.75, 3.05) is 7.11 Å². The zero-order chi connectivity index (χ0) is 12.1. The third-order valence-corrected chi connectivity index (χ3v) is 2.39. The van der Waals surface area contributed by atoms with Gasteiger partial charge in [0.25, 0.3) is 0 Å². The van der Waals surface area contributed by atoms with Gasteiger partial charge in [-0.2, -0.15) is 0 Å². The van der Waals surface area contributed by atoms with E-state index in [9.17, 15) is 0 Å². The molecule has 17 heavy (non-hydrogen) atoms. The number of hydrogen-bond donors (Lipinski definition) is 1. The SMILES string of the molecule is COc1ccc(C(N)=Nc2ccccc2)cc1. The number of nitrogens with two attached hydrogens (primary N) is 1. The molecular formula is C14H14N2O. The molecule has 0 aliphatic carbocycles. The maximum absolute atomic E-state index is 5.93. The van der Waals surface area contributed by atoms with Gasteiger partial charge in [0.1, 0.15) is 11.6 Å². The maximum Gasteiger partial charge on any atom is 0.131 e. The molecule has 0 spiro atoms. The van der Waals surface area contributed by atoms with Crippen molar-refractivity contribution in [1.82, 2.24) is 0 Å². The molecule has 0 aliphatic rings. The van der Waals surface area contributed by atoms with Crippen LogP contribution in [-0.4, -0.2) is 12.9 Å². The normalized spacial score (nSPS) is 11.2. The largest absolute Gasteiger partial charge is 0.497 e. The van der Waals surface area contributed by atoms with Gasteiger partial charge in [0.2, 0.25) is 0 Å². The van der Waals surface area contributed by atoms with Crippen molar-refractivity contribution in [3.63, 3.8) is 0 Å². The molecule has 2 rings (SSSR count). The number of methoxy groups -OCH3 is 1. The van der Waals surface area contributed by atoms with Crippen molar-refractivity contribution < 1.29 is 4.74 Å². The summed E-state index contributed by atoms with van der Waals surface area (Å²) in [7, 11) is 1.64. The van der Waals surface area contributed by atoms with Crippen LogP contribution in [0, 0.1) is 0 Å². The molecule has 0 amide bonds. The second-order valence-electron chi connectivity index (χ2n) is 3.56. The molecule has 0 radical (unpaired) electrons. The summed E-state index contributed by atoms with van der Waals surface area (Å²) < 4.78 is 5.09. The Kier molecular flexibility index (Phi) is 3.40. The summed E-state index contributed by atoms with van der Waals surface area (Å²) in [5, 5.41) is 0. The smallest absolute Gasteiger partial charge is 0.131 e. The number of amidine groups is 1. The highest BCUT2D eigenvalue weighted by molar-refractivity contribution is 5.99. The second kappa shape index (κ2) is 5.16. The molecule has 0 heterocycles. The first-order chi connectivity index (χ1) is 8.29. The minimum absolute atomic E-state index is 0.499. The number of hydrogen-bond acceptors (Lipinski definition) is 2. The molecule has 0 saturated carbocycles. The summed E-state index contributed by atoms with van der Waals surface area (Å²) in [6.45, 7) is 0. The Balaban J connectivity index is 2.24. The Morgan fingerprint density at radius 2 is 1.65 bits per heavy atom. The first kappa shape index (κ1) is 11.2. The Morgan fingerprint density at radius 3 is 2.24 bits per heavy atom. The van der Waals surface area contributed by atoms with E-state index >= 15 is 0 Å². The van der Waals surface area contributed by atoms with Crippen molar-refractivity contribution >= 4 is 11.5 Å². The highest BCUT2D eigenvalue weighted by atomic mass is 16.5. The average Bonchev–Trinajstić information content (AvgIpc) is 2.40. The van der Waals surface area contributed by atoms with E-state index in [1.807, 2.05) is 54.6 Å². The van der Waals surface area contributed by atoms with Gasteiger partial charge in [-0.3, -0.25) is 0 Å². The van der Waals surface area contributed by atoms with Crippen LogP contribution in [0.5, 0.6) is 5.75 Å². The van der Waals surface area contributed by atoms with E-state index in [4.69, 9.17) is 10.5 Å². The highest BCUT2D eigenvalue weighted by Gasteiger charge is 1.99. The fourth-order valence-electron chi connectivity index (χ4n) is 1.47. The van der Waals surface area contributed by atoms with Gasteiger partial charge in [-0.15, -0.1) is 0 Å². The molecule has 2 aromatic rings. The Labute approximate surface area is 101 Å². The van der Waals surface area contributed by atoms with Crippen LogP contribution in [0.25, 0.3) is 0 Å². The standard InChI is InChI=1S/C14H14N2O/c1-17-13-9-7-11(8-10-13)14(15)16-12-5-3-2-4-6-12/h2-10H,1H3,(H2,15,16). The average molecular weight is 226 g/mol. The summed E-state index contributed by atoms with van der Waals surface area (Å²) in [5.41, 5.74) is 7.66. The van der Waals surface area contributed by atoms with E-state index in [0.717, 1.165) is 17.0 Å². The van der Waals surface area contributed by atoms with E-state index in [2.05, 4.69) is 4.99 Å². The Bertz CT molecular complexity index is 504. The predicted octanol–water partition coefficient (Wildman–Crippen LogP) is 2.73. The number of aliphatic imine (C=N–C) groups is 1. The number of para-hydroxylation sites is 1. The van der Waals surface area contributed by atoms with E-state index in [0.29, 0.717) is 5.84 Å². The van der Waals surface area contributed by atoms with Gasteiger partial charge >= 0.3 is 0 Å². The van der Waals surface area contributed by atoms with E-state index in [1.165, 1.54) is 0 Å². The quantitative estimate of drug-likeness (QED) is 0.646. The van der Waals surface area contributed by atoms with Crippen LogP contribution in [0.2, 0.25) is 0 Å². The van der Waals surface area contributed by atoms with Gasteiger partial charge in [0.05, 0.1) is 12.8 Å². The van der Waals surface area contributed by atoms with Crippen LogP contribution < -0.4 is 10.5 Å². The molecule has 0 atom stereocenters. The molecule has 0 unspecified atom stereocenters. The van der Waals surface area contributed by atoms with Gasteiger partial charge in [0.15, 0.2) is 0 Å². The minimum atomic E-state index is 0.499. The monoisotopic (exact) mass is 226 g/mol. The van der Waals surface area contributed by atoms with Crippen LogP contribution in [0.4, 0.5) is 5.69 Å². The third kappa shape index (κ3) is 2.84. The summed E-state index contributed by atoms with van der Waals surface area (Å²) in [6, 6.07) is 17.1. The minimum Gasteiger partial charge on any atom is -0.497 e. The third-order valence-electron chi connectivity index (χ3n) is 2.39. The first-order valence-corrected chi connectivity index (χ1v) is 5.33. The molecule has 0 aromatic heterocycles. The number of ether oxygens (including phenoxy) is 1. The molecule has 2 N–H and O–H groups in total. The summed E-state index contributed by atoms with van der Waals surface area (Å²) in [4.78, 5) is 4.34. The van der Waals surface area contributed by atoms with Gasteiger partial charge in [0, 0.05) is 5.56 Å². The van der Waals surface area contributed by atoms with Crippen LogP contribution in [-0.2, 0) is 0 Å². The van der Waals surface area contributed by atoms with Crippen molar-refractivity contribution in [1.29, 1.82) is 0 Å². The molecule has 0 aliphatic heterocycles. The van der Waals surface area contributed by atoms with Crippen LogP contribution in [0.3, 0.4) is 0 Å². The van der Waals surface area contributed by atoms with Crippen molar-refractivity contribution in [3.8, 4) is 5.75 Å². The lowest BCUT2D eigenvalue weighted by atomic mass is 10.2. The number of nitrogens with zero attached hydrogens (tertiary/aromatic N) is 1. The van der Waals surface area contributed by atoms with Crippen molar-refractivity contribution in [2.24, 2.45) is 10.7 Å². The second-order valence-corrected chi connectivity index (χ2v) is 3.56. The van der Waals surface area contributed by atoms with Crippen LogP contribution >= 0.6 is 0 Å². The summed E-state index contributed by atoms with van der Waals surface area (Å²) >= 11 is 0. The van der Waals surface area contributed by atoms with Crippen LogP contribution in [0.15, 0.2) is 59.6 Å². The lowest BCUT2D eigenvalue weighted by Crippen LogP contribution is -2.12. The van der Waals surface area contributed by atoms with E-state index in [-0.39, 0.29) is 0 Å². The fourth-order valence-corrected chi connectivity index (χ4v) is 1.47. The van der Waals surface area contributed by atoms with Crippen molar-refractivity contribution in [3.05, 3.63) is 60.2 Å². The molecule has 86 valence electrons. The highest BCUT2D eigenvalue weighted by Crippen LogP contribution is 2.14. The van der Waals surface area contributed by atoms with Gasteiger partial charge in [-0.25, -0.2) is 4.99 Å². The van der Waals surface area contributed by atoms with E-state index in [1.54, 1.807) is 7.11 Å². The molecule has 0 saturated heterocycles. The lowest BCUT2D eigenvalue weighted by Gasteiger charge is -2.03. The topological polar surface area (TPSA) is 47.6 Å². The number of benzene rings is 2. The zero-order valence-electron chi connectivity index (χ0n) is 9.63. The molecule has 3 nitrogen and oxygen atoms in total.